The Morgan fingerprint density at radius 3 is 0.268 bits per heavy atom. The Balaban J connectivity index is 1.32. The van der Waals surface area contributed by atoms with Crippen molar-refractivity contribution >= 4 is 0 Å². The number of aryl methyl sites for hydroxylation is 8. The Labute approximate surface area is 333 Å². The van der Waals surface area contributed by atoms with Crippen molar-refractivity contribution in [2.24, 2.45) is 0 Å². The summed E-state index contributed by atoms with van der Waals surface area (Å²) >= 11 is 0. The quantitative estimate of drug-likeness (QED) is 0.146. The number of benzene rings is 8. The van der Waals surface area contributed by atoms with E-state index in [1.54, 1.807) is 0 Å². The Morgan fingerprint density at radius 1 is 0.125 bits per heavy atom. The monoisotopic (exact) mass is 720 g/mol. The number of rotatable bonds is 0. The molecule has 272 valence electrons. The van der Waals surface area contributed by atoms with E-state index in [0.717, 1.165) is 0 Å². The third-order valence-electron chi connectivity index (χ3n) is 11.3. The van der Waals surface area contributed by atoms with Crippen LogP contribution >= 0.6 is 0 Å². The Bertz CT molecular complexity index is 2120. The second kappa shape index (κ2) is 13.8. The summed E-state index contributed by atoms with van der Waals surface area (Å²) < 4.78 is 0. The van der Waals surface area contributed by atoms with Crippen LogP contribution in [0.4, 0.5) is 0 Å². The molecule has 0 saturated carbocycles. The van der Waals surface area contributed by atoms with Crippen molar-refractivity contribution in [1.29, 1.82) is 0 Å². The van der Waals surface area contributed by atoms with Crippen LogP contribution in [0.3, 0.4) is 0 Å². The molecular weight excluding hydrogens is 673 g/mol. The highest BCUT2D eigenvalue weighted by molar-refractivity contribution is 5.86. The summed E-state index contributed by atoms with van der Waals surface area (Å²) in [4.78, 5) is 0. The molecule has 8 aromatic rings. The normalized spacial score (nSPS) is 11.6. The van der Waals surface area contributed by atoms with Gasteiger partial charge in [0.15, 0.2) is 0 Å². The zero-order chi connectivity index (χ0) is 38.8. The molecule has 1 aliphatic rings. The predicted molar refractivity (Wildman–Crippen MR) is 241 cm³/mol. The number of hydrogen-bond donors (Lipinski definition) is 0. The van der Waals surface area contributed by atoms with E-state index in [-0.39, 0.29) is 0 Å². The lowest BCUT2D eigenvalue weighted by atomic mass is 9.88. The third kappa shape index (κ3) is 7.04. The molecule has 0 aliphatic heterocycles. The summed E-state index contributed by atoms with van der Waals surface area (Å²) in [6, 6.07) is 56.3. The molecule has 9 rings (SSSR count). The van der Waals surface area contributed by atoms with E-state index >= 15 is 0 Å². The summed E-state index contributed by atoms with van der Waals surface area (Å²) in [6.45, 7) is 17.8. The lowest BCUT2D eigenvalue weighted by molar-refractivity contribution is 1.40. The molecule has 0 amide bonds. The van der Waals surface area contributed by atoms with Crippen LogP contribution in [0.25, 0.3) is 89.0 Å². The van der Waals surface area contributed by atoms with E-state index in [9.17, 15) is 0 Å². The van der Waals surface area contributed by atoms with Crippen LogP contribution in [0, 0.1) is 55.4 Å². The van der Waals surface area contributed by atoms with Gasteiger partial charge < -0.3 is 0 Å². The average Bonchev–Trinajstić information content (AvgIpc) is 3.15. The van der Waals surface area contributed by atoms with Gasteiger partial charge in [0.1, 0.15) is 0 Å². The van der Waals surface area contributed by atoms with Crippen molar-refractivity contribution in [3.8, 4) is 89.0 Å². The van der Waals surface area contributed by atoms with Crippen LogP contribution < -0.4 is 0 Å². The van der Waals surface area contributed by atoms with Gasteiger partial charge in [0, 0.05) is 0 Å². The Morgan fingerprint density at radius 2 is 0.196 bits per heavy atom. The highest BCUT2D eigenvalue weighted by atomic mass is 14.2. The van der Waals surface area contributed by atoms with Gasteiger partial charge in [-0.05, 0) is 237 Å². The minimum atomic E-state index is 1.24. The fourth-order valence-corrected chi connectivity index (χ4v) is 8.93. The van der Waals surface area contributed by atoms with Crippen LogP contribution in [0.2, 0.25) is 0 Å². The fraction of sp³-hybridized carbons (Fsp3) is 0.143. The zero-order valence-electron chi connectivity index (χ0n) is 33.9. The van der Waals surface area contributed by atoms with Crippen LogP contribution in [0.15, 0.2) is 146 Å². The lowest BCUT2D eigenvalue weighted by Crippen LogP contribution is -1.92. The van der Waals surface area contributed by atoms with Gasteiger partial charge in [0.05, 0.1) is 0 Å². The molecule has 0 N–H and O–H groups in total. The van der Waals surface area contributed by atoms with Crippen LogP contribution in [-0.4, -0.2) is 0 Å². The van der Waals surface area contributed by atoms with Gasteiger partial charge in [-0.15, -0.1) is 0 Å². The van der Waals surface area contributed by atoms with E-state index in [2.05, 4.69) is 201 Å². The molecule has 0 fully saturated rings. The van der Waals surface area contributed by atoms with Crippen molar-refractivity contribution in [2.75, 3.05) is 0 Å². The van der Waals surface area contributed by atoms with Gasteiger partial charge in [0.2, 0.25) is 0 Å². The molecule has 0 aromatic heterocycles. The second-order valence-electron chi connectivity index (χ2n) is 16.7. The molecule has 0 unspecified atom stereocenters. The molecule has 0 saturated heterocycles. The van der Waals surface area contributed by atoms with E-state index in [0.29, 0.717) is 0 Å². The van der Waals surface area contributed by atoms with Crippen molar-refractivity contribution in [1.82, 2.24) is 0 Å². The highest BCUT2D eigenvalue weighted by Crippen LogP contribution is 2.39. The number of hydrogen-bond acceptors (Lipinski definition) is 0. The smallest absolute Gasteiger partial charge is 0.0175 e. The van der Waals surface area contributed by atoms with Gasteiger partial charge in [-0.25, -0.2) is 0 Å². The summed E-state index contributed by atoms with van der Waals surface area (Å²) in [5.41, 5.74) is 29.9. The molecule has 0 heterocycles. The predicted octanol–water partition coefficient (Wildman–Crippen LogP) is 15.8. The van der Waals surface area contributed by atoms with Gasteiger partial charge in [0.25, 0.3) is 0 Å². The molecule has 16 bridgehead atoms. The molecule has 8 aromatic carbocycles. The van der Waals surface area contributed by atoms with E-state index in [1.807, 2.05) is 0 Å². The zero-order valence-corrected chi connectivity index (χ0v) is 33.9. The maximum absolute atomic E-state index is 2.38. The first-order valence-corrected chi connectivity index (χ1v) is 19.9. The summed E-state index contributed by atoms with van der Waals surface area (Å²) in [5, 5.41) is 0. The second-order valence-corrected chi connectivity index (χ2v) is 16.7. The van der Waals surface area contributed by atoms with Gasteiger partial charge in [-0.2, -0.15) is 0 Å². The summed E-state index contributed by atoms with van der Waals surface area (Å²) in [5.74, 6) is 0. The molecule has 1 aliphatic carbocycles. The molecule has 0 radical (unpaired) electrons. The van der Waals surface area contributed by atoms with Gasteiger partial charge in [-0.3, -0.25) is 0 Å². The molecule has 0 nitrogen and oxygen atoms in total. The van der Waals surface area contributed by atoms with E-state index < -0.39 is 0 Å². The standard InChI is InChI=1S/C56H48/c1-33-9-41-25-42(10-33)44-12-35(3)14-46(27-44)48-16-37(5)18-50(29-48)52-20-39(7)22-54(31-52)56-24-40(8)23-55(32-56)53-21-38(6)19-51(30-53)49-17-36(4)15-47(28-49)45-13-34(2)11-43(41)26-45/h9-32H,1-8H3. The van der Waals surface area contributed by atoms with Crippen LogP contribution in [-0.2, 0) is 0 Å². The van der Waals surface area contributed by atoms with Crippen molar-refractivity contribution in [3.63, 3.8) is 0 Å². The third-order valence-corrected chi connectivity index (χ3v) is 11.3. The first-order chi connectivity index (χ1) is 26.9. The maximum Gasteiger partial charge on any atom is -0.0175 e. The minimum absolute atomic E-state index is 1.24. The highest BCUT2D eigenvalue weighted by Gasteiger charge is 2.14. The van der Waals surface area contributed by atoms with Crippen molar-refractivity contribution in [3.05, 3.63) is 190 Å². The van der Waals surface area contributed by atoms with E-state index in [4.69, 9.17) is 0 Å². The summed E-state index contributed by atoms with van der Waals surface area (Å²) in [6.07, 6.45) is 0. The van der Waals surface area contributed by atoms with Gasteiger partial charge in [-0.1, -0.05) is 97.1 Å². The van der Waals surface area contributed by atoms with Crippen molar-refractivity contribution < 1.29 is 0 Å². The number of fused-ring (bicyclic) bond motifs is 24. The first-order valence-electron chi connectivity index (χ1n) is 19.9. The van der Waals surface area contributed by atoms with Gasteiger partial charge >= 0.3 is 0 Å². The molecule has 56 heavy (non-hydrogen) atoms. The lowest BCUT2D eigenvalue weighted by Gasteiger charge is -2.16. The average molecular weight is 721 g/mol. The molecule has 0 spiro atoms. The molecular formula is C56H48. The molecule has 0 atom stereocenters. The topological polar surface area (TPSA) is 0 Å². The SMILES string of the molecule is Cc1cc2cc(c1)-c1cc(C)cc(c1)-c1cc(C)cc(c1)-c1cc(C)cc(c1)-c1cc(C)cc(c1)-c1cc(C)cc(c1)-c1cc(C)cc(c1)-c1cc(C)cc-2c1. The Kier molecular flexibility index (Phi) is 8.74. The van der Waals surface area contributed by atoms with Crippen LogP contribution in [0.1, 0.15) is 44.5 Å². The van der Waals surface area contributed by atoms with Crippen LogP contribution in [0.5, 0.6) is 0 Å². The summed E-state index contributed by atoms with van der Waals surface area (Å²) in [7, 11) is 0. The minimum Gasteiger partial charge on any atom is -0.0514 e. The largest absolute Gasteiger partial charge is 0.0514 e. The Hall–Kier alpha value is -6.24. The molecule has 0 heteroatoms. The fourth-order valence-electron chi connectivity index (χ4n) is 8.93. The van der Waals surface area contributed by atoms with E-state index in [1.165, 1.54) is 134 Å². The maximum atomic E-state index is 2.38. The first kappa shape index (κ1) is 35.5. The van der Waals surface area contributed by atoms with Crippen molar-refractivity contribution in [2.45, 2.75) is 55.4 Å².